The summed E-state index contributed by atoms with van der Waals surface area (Å²) in [7, 11) is 0. The van der Waals surface area contributed by atoms with E-state index in [-0.39, 0.29) is 24.2 Å². The van der Waals surface area contributed by atoms with Crippen molar-refractivity contribution < 1.29 is 15.0 Å². The first-order valence-corrected chi connectivity index (χ1v) is 7.76. The van der Waals surface area contributed by atoms with Crippen LogP contribution in [0.25, 0.3) is 0 Å². The lowest BCUT2D eigenvalue weighted by atomic mass is 10.1. The molecule has 1 unspecified atom stereocenters. The minimum absolute atomic E-state index is 0.0495. The van der Waals surface area contributed by atoms with Crippen LogP contribution in [0.5, 0.6) is 5.75 Å². The van der Waals surface area contributed by atoms with Crippen LogP contribution in [0.3, 0.4) is 0 Å². The van der Waals surface area contributed by atoms with Crippen LogP contribution in [0.2, 0.25) is 0 Å². The molecule has 1 heterocycles. The first kappa shape index (κ1) is 14.3. The summed E-state index contributed by atoms with van der Waals surface area (Å²) < 4.78 is 1.61. The third kappa shape index (κ3) is 2.90. The van der Waals surface area contributed by atoms with E-state index in [0.717, 1.165) is 9.99 Å². The van der Waals surface area contributed by atoms with Crippen molar-refractivity contribution in [2.75, 3.05) is 19.7 Å². The molecule has 0 bridgehead atoms. The van der Waals surface area contributed by atoms with E-state index in [0.29, 0.717) is 22.2 Å². The highest BCUT2D eigenvalue weighted by molar-refractivity contribution is 14.1. The van der Waals surface area contributed by atoms with Gasteiger partial charge in [0.2, 0.25) is 0 Å². The number of likely N-dealkylation sites (tertiary alicyclic amines) is 1. The Morgan fingerprint density at radius 3 is 2.78 bits per heavy atom. The Morgan fingerprint density at radius 1 is 1.44 bits per heavy atom. The van der Waals surface area contributed by atoms with E-state index in [1.807, 2.05) is 28.7 Å². The van der Waals surface area contributed by atoms with E-state index in [1.54, 1.807) is 11.0 Å². The van der Waals surface area contributed by atoms with Gasteiger partial charge in [-0.25, -0.2) is 0 Å². The number of rotatable bonds is 2. The SMILES string of the molecule is O=C(c1cc(I)cc(I)c1O)N1CCC(CO)C1. The van der Waals surface area contributed by atoms with Crippen molar-refractivity contribution in [2.45, 2.75) is 6.42 Å². The first-order valence-electron chi connectivity index (χ1n) is 5.61. The van der Waals surface area contributed by atoms with Gasteiger partial charge < -0.3 is 15.1 Å². The lowest BCUT2D eigenvalue weighted by Gasteiger charge is -2.17. The Morgan fingerprint density at radius 2 is 2.17 bits per heavy atom. The van der Waals surface area contributed by atoms with Crippen LogP contribution in [-0.2, 0) is 0 Å². The van der Waals surface area contributed by atoms with Gasteiger partial charge >= 0.3 is 0 Å². The second kappa shape index (κ2) is 5.91. The van der Waals surface area contributed by atoms with E-state index in [4.69, 9.17) is 5.11 Å². The molecule has 4 nitrogen and oxygen atoms in total. The number of aliphatic hydroxyl groups is 1. The summed E-state index contributed by atoms with van der Waals surface area (Å²) in [4.78, 5) is 14.0. The fraction of sp³-hybridized carbons (Fsp3) is 0.417. The summed E-state index contributed by atoms with van der Waals surface area (Å²) in [5, 5.41) is 19.1. The van der Waals surface area contributed by atoms with E-state index in [2.05, 4.69) is 22.6 Å². The van der Waals surface area contributed by atoms with E-state index in [9.17, 15) is 9.90 Å². The van der Waals surface area contributed by atoms with Crippen LogP contribution in [0, 0.1) is 13.1 Å². The van der Waals surface area contributed by atoms with Crippen molar-refractivity contribution in [3.8, 4) is 5.75 Å². The van der Waals surface area contributed by atoms with Gasteiger partial charge in [0.05, 0.1) is 9.13 Å². The smallest absolute Gasteiger partial charge is 0.257 e. The Hall–Kier alpha value is -0.0900. The molecule has 18 heavy (non-hydrogen) atoms. The highest BCUT2D eigenvalue weighted by Crippen LogP contribution is 2.29. The molecule has 0 aromatic heterocycles. The lowest BCUT2D eigenvalue weighted by molar-refractivity contribution is 0.0778. The van der Waals surface area contributed by atoms with Crippen LogP contribution < -0.4 is 0 Å². The number of carbonyl (C=O) groups is 1. The molecule has 2 N–H and O–H groups in total. The maximum Gasteiger partial charge on any atom is 0.257 e. The summed E-state index contributed by atoms with van der Waals surface area (Å²) in [6, 6.07) is 3.53. The number of carbonyl (C=O) groups excluding carboxylic acids is 1. The number of hydrogen-bond acceptors (Lipinski definition) is 3. The van der Waals surface area contributed by atoms with Gasteiger partial charge in [-0.05, 0) is 63.7 Å². The van der Waals surface area contributed by atoms with E-state index in [1.165, 1.54) is 0 Å². The summed E-state index contributed by atoms with van der Waals surface area (Å²) in [5.41, 5.74) is 0.352. The van der Waals surface area contributed by atoms with Gasteiger partial charge in [0.25, 0.3) is 5.91 Å². The van der Waals surface area contributed by atoms with Crippen molar-refractivity contribution in [3.05, 3.63) is 24.8 Å². The molecule has 1 aromatic carbocycles. The molecule has 1 fully saturated rings. The van der Waals surface area contributed by atoms with Gasteiger partial charge in [0.15, 0.2) is 0 Å². The summed E-state index contributed by atoms with van der Waals surface area (Å²) >= 11 is 4.15. The van der Waals surface area contributed by atoms with Gasteiger partial charge in [0, 0.05) is 29.2 Å². The molecule has 1 aliphatic rings. The molecule has 1 aliphatic heterocycles. The van der Waals surface area contributed by atoms with Gasteiger partial charge in [0.1, 0.15) is 5.75 Å². The second-order valence-corrected chi connectivity index (χ2v) is 6.78. The molecule has 1 atom stereocenters. The second-order valence-electron chi connectivity index (χ2n) is 4.37. The Kier molecular flexibility index (Phi) is 4.70. The van der Waals surface area contributed by atoms with Crippen molar-refractivity contribution in [1.29, 1.82) is 0 Å². The molecule has 1 amide bonds. The predicted molar refractivity (Wildman–Crippen MR) is 84.6 cm³/mol. The molecule has 0 aliphatic carbocycles. The third-order valence-electron chi connectivity index (χ3n) is 3.09. The molecule has 0 radical (unpaired) electrons. The highest BCUT2D eigenvalue weighted by Gasteiger charge is 2.28. The predicted octanol–water partition coefficient (Wildman–Crippen LogP) is 2.06. The Labute approximate surface area is 133 Å². The van der Waals surface area contributed by atoms with Crippen LogP contribution in [-0.4, -0.2) is 40.7 Å². The normalized spacial score (nSPS) is 19.3. The standard InChI is InChI=1S/C12H13I2NO3/c13-8-3-9(11(17)10(14)4-8)12(18)15-2-1-7(5-15)6-16/h3-4,7,16-17H,1-2,5-6H2. The fourth-order valence-electron chi connectivity index (χ4n) is 2.07. The minimum atomic E-state index is -0.153. The van der Waals surface area contributed by atoms with Crippen LogP contribution >= 0.6 is 45.2 Å². The monoisotopic (exact) mass is 473 g/mol. The van der Waals surface area contributed by atoms with Crippen molar-refractivity contribution in [1.82, 2.24) is 4.90 Å². The largest absolute Gasteiger partial charge is 0.506 e. The number of aliphatic hydroxyl groups excluding tert-OH is 1. The number of nitrogens with zero attached hydrogens (tertiary/aromatic N) is 1. The maximum atomic E-state index is 12.3. The molecule has 0 spiro atoms. The Bertz CT molecular complexity index is 479. The number of phenolic OH excluding ortho intramolecular Hbond substituents is 1. The van der Waals surface area contributed by atoms with Crippen molar-refractivity contribution >= 4 is 51.1 Å². The quantitative estimate of drug-likeness (QED) is 0.648. The Balaban J connectivity index is 2.24. The number of benzene rings is 1. The fourth-order valence-corrected chi connectivity index (χ4v) is 3.91. The molecular formula is C12H13I2NO3. The summed E-state index contributed by atoms with van der Waals surface area (Å²) in [6.45, 7) is 1.32. The molecule has 6 heteroatoms. The van der Waals surface area contributed by atoms with Gasteiger partial charge in [-0.1, -0.05) is 0 Å². The summed E-state index contributed by atoms with van der Waals surface area (Å²) in [6.07, 6.45) is 0.823. The zero-order valence-corrected chi connectivity index (χ0v) is 13.9. The van der Waals surface area contributed by atoms with Gasteiger partial charge in [-0.3, -0.25) is 4.79 Å². The van der Waals surface area contributed by atoms with Gasteiger partial charge in [-0.15, -0.1) is 0 Å². The zero-order valence-electron chi connectivity index (χ0n) is 9.57. The third-order valence-corrected chi connectivity index (χ3v) is 4.53. The molecule has 98 valence electrons. The van der Waals surface area contributed by atoms with Crippen LogP contribution in [0.15, 0.2) is 12.1 Å². The lowest BCUT2D eigenvalue weighted by Crippen LogP contribution is -2.29. The average molecular weight is 473 g/mol. The minimum Gasteiger partial charge on any atom is -0.506 e. The number of halogens is 2. The van der Waals surface area contributed by atoms with Crippen LogP contribution in [0.1, 0.15) is 16.8 Å². The molecule has 1 aromatic rings. The zero-order chi connectivity index (χ0) is 13.3. The first-order chi connectivity index (χ1) is 8.52. The number of amides is 1. The van der Waals surface area contributed by atoms with Gasteiger partial charge in [-0.2, -0.15) is 0 Å². The topological polar surface area (TPSA) is 60.8 Å². The number of hydrogen-bond donors (Lipinski definition) is 2. The van der Waals surface area contributed by atoms with E-state index >= 15 is 0 Å². The average Bonchev–Trinajstić information content (AvgIpc) is 2.81. The summed E-state index contributed by atoms with van der Waals surface area (Å²) in [5.74, 6) is 0.0614. The number of aromatic hydroxyl groups is 1. The molecular weight excluding hydrogens is 460 g/mol. The molecule has 1 saturated heterocycles. The maximum absolute atomic E-state index is 12.3. The van der Waals surface area contributed by atoms with Crippen molar-refractivity contribution in [3.63, 3.8) is 0 Å². The molecule has 2 rings (SSSR count). The number of phenols is 1. The van der Waals surface area contributed by atoms with Crippen molar-refractivity contribution in [2.24, 2.45) is 5.92 Å². The molecule has 0 saturated carbocycles. The van der Waals surface area contributed by atoms with Crippen LogP contribution in [0.4, 0.5) is 0 Å². The highest BCUT2D eigenvalue weighted by atomic mass is 127. The van der Waals surface area contributed by atoms with E-state index < -0.39 is 0 Å².